The number of rotatable bonds is 4. The lowest BCUT2D eigenvalue weighted by Gasteiger charge is -2.05. The maximum Gasteiger partial charge on any atom is 0.260 e. The molecule has 0 aliphatic heterocycles. The Kier molecular flexibility index (Phi) is 3.57. The van der Waals surface area contributed by atoms with Gasteiger partial charge >= 0.3 is 0 Å². The molecule has 0 aliphatic rings. The van der Waals surface area contributed by atoms with Crippen LogP contribution in [0.4, 0.5) is 4.39 Å². The molecule has 96 valence electrons. The molecule has 18 heavy (non-hydrogen) atoms. The number of halogens is 1. The van der Waals surface area contributed by atoms with Crippen molar-refractivity contribution in [3.8, 4) is 17.2 Å². The third-order valence-corrected chi connectivity index (χ3v) is 2.43. The van der Waals surface area contributed by atoms with Gasteiger partial charge in [0, 0.05) is 19.0 Å². The van der Waals surface area contributed by atoms with Gasteiger partial charge in [0.1, 0.15) is 11.6 Å². The molecule has 0 atom stereocenters. The number of aromatic hydroxyl groups is 1. The highest BCUT2D eigenvalue weighted by molar-refractivity contribution is 5.55. The van der Waals surface area contributed by atoms with Gasteiger partial charge in [-0.2, -0.15) is 4.98 Å². The number of phenolic OH excluding ortho intramolecular Hbond substituents is 1. The van der Waals surface area contributed by atoms with Gasteiger partial charge in [0.15, 0.2) is 5.82 Å². The van der Waals surface area contributed by atoms with Crippen LogP contribution in [0.1, 0.15) is 5.82 Å². The number of nitrogens with zero attached hydrogens (tertiary/aromatic N) is 3. The predicted molar refractivity (Wildman–Crippen MR) is 63.6 cm³/mol. The molecule has 1 heterocycles. The number of aromatic nitrogens is 2. The van der Waals surface area contributed by atoms with E-state index < -0.39 is 5.82 Å². The highest BCUT2D eigenvalue weighted by Gasteiger charge is 2.13. The van der Waals surface area contributed by atoms with Crippen LogP contribution in [0.5, 0.6) is 5.75 Å². The molecule has 6 heteroatoms. The summed E-state index contributed by atoms with van der Waals surface area (Å²) in [4.78, 5) is 6.11. The van der Waals surface area contributed by atoms with Crippen LogP contribution < -0.4 is 0 Å². The molecule has 2 rings (SSSR count). The van der Waals surface area contributed by atoms with E-state index in [1.807, 2.05) is 19.0 Å². The van der Waals surface area contributed by atoms with Gasteiger partial charge < -0.3 is 14.5 Å². The summed E-state index contributed by atoms with van der Waals surface area (Å²) in [6.45, 7) is 0.789. The lowest BCUT2D eigenvalue weighted by Crippen LogP contribution is -2.15. The Hall–Kier alpha value is -1.95. The third-order valence-electron chi connectivity index (χ3n) is 2.43. The van der Waals surface area contributed by atoms with Crippen LogP contribution in [0.3, 0.4) is 0 Å². The van der Waals surface area contributed by atoms with Crippen LogP contribution in [-0.2, 0) is 6.42 Å². The summed E-state index contributed by atoms with van der Waals surface area (Å²) in [5.74, 6) is -0.0613. The average molecular weight is 251 g/mol. The number of benzene rings is 1. The van der Waals surface area contributed by atoms with Gasteiger partial charge in [-0.15, -0.1) is 0 Å². The molecule has 1 N–H and O–H groups in total. The third kappa shape index (κ3) is 2.84. The molecule has 0 spiro atoms. The molecule has 0 aliphatic carbocycles. The van der Waals surface area contributed by atoms with Gasteiger partial charge in [-0.3, -0.25) is 0 Å². The van der Waals surface area contributed by atoms with E-state index in [9.17, 15) is 4.39 Å². The van der Waals surface area contributed by atoms with E-state index in [4.69, 9.17) is 9.63 Å². The quantitative estimate of drug-likeness (QED) is 0.895. The number of likely N-dealkylation sites (N-methyl/N-ethyl adjacent to an activating group) is 1. The van der Waals surface area contributed by atoms with Crippen molar-refractivity contribution in [1.29, 1.82) is 0 Å². The molecule has 1 aromatic heterocycles. The van der Waals surface area contributed by atoms with E-state index >= 15 is 0 Å². The van der Waals surface area contributed by atoms with Gasteiger partial charge in [-0.05, 0) is 26.2 Å². The summed E-state index contributed by atoms with van der Waals surface area (Å²) in [5.41, 5.74) is 0.191. The zero-order valence-electron chi connectivity index (χ0n) is 10.2. The predicted octanol–water partition coefficient (Wildman–Crippen LogP) is 1.69. The molecule has 0 amide bonds. The summed E-state index contributed by atoms with van der Waals surface area (Å²) in [6, 6.07) is 3.80. The Morgan fingerprint density at radius 2 is 2.17 bits per heavy atom. The lowest BCUT2D eigenvalue weighted by molar-refractivity contribution is 0.392. The van der Waals surface area contributed by atoms with E-state index in [2.05, 4.69) is 10.1 Å². The standard InChI is InChI=1S/C12H14FN3O2/c1-16(2)6-5-11-14-12(18-15-11)9-4-3-8(17)7-10(9)13/h3-4,7,17H,5-6H2,1-2H3. The summed E-state index contributed by atoms with van der Waals surface area (Å²) in [7, 11) is 3.89. The first-order valence-corrected chi connectivity index (χ1v) is 5.52. The van der Waals surface area contributed by atoms with Crippen molar-refractivity contribution in [2.45, 2.75) is 6.42 Å². The Morgan fingerprint density at radius 1 is 1.39 bits per heavy atom. The monoisotopic (exact) mass is 251 g/mol. The minimum atomic E-state index is -0.585. The molecule has 5 nitrogen and oxygen atoms in total. The number of hydrogen-bond acceptors (Lipinski definition) is 5. The van der Waals surface area contributed by atoms with Crippen LogP contribution in [-0.4, -0.2) is 40.8 Å². The van der Waals surface area contributed by atoms with Crippen molar-refractivity contribution in [3.05, 3.63) is 29.8 Å². The first kappa shape index (κ1) is 12.5. The maximum absolute atomic E-state index is 13.6. The Morgan fingerprint density at radius 3 is 2.83 bits per heavy atom. The number of phenols is 1. The molecule has 0 radical (unpaired) electrons. The summed E-state index contributed by atoms with van der Waals surface area (Å²) >= 11 is 0. The summed E-state index contributed by atoms with van der Waals surface area (Å²) in [6.07, 6.45) is 0.635. The second kappa shape index (κ2) is 5.14. The van der Waals surface area contributed by atoms with Gasteiger partial charge in [0.05, 0.1) is 5.56 Å². The van der Waals surface area contributed by atoms with Crippen LogP contribution in [0, 0.1) is 5.82 Å². The van der Waals surface area contributed by atoms with Crippen molar-refractivity contribution < 1.29 is 14.0 Å². The van der Waals surface area contributed by atoms with Crippen LogP contribution in [0.25, 0.3) is 11.5 Å². The highest BCUT2D eigenvalue weighted by atomic mass is 19.1. The highest BCUT2D eigenvalue weighted by Crippen LogP contribution is 2.24. The molecule has 0 bridgehead atoms. The molecule has 0 fully saturated rings. The molecule has 0 unspecified atom stereocenters. The molecule has 1 aromatic carbocycles. The van der Waals surface area contributed by atoms with E-state index in [-0.39, 0.29) is 17.2 Å². The maximum atomic E-state index is 13.6. The Labute approximate surface area is 104 Å². The van der Waals surface area contributed by atoms with Gasteiger partial charge in [0.2, 0.25) is 0 Å². The fourth-order valence-corrected chi connectivity index (χ4v) is 1.47. The van der Waals surface area contributed by atoms with Crippen LogP contribution >= 0.6 is 0 Å². The minimum Gasteiger partial charge on any atom is -0.508 e. The number of hydrogen-bond donors (Lipinski definition) is 1. The van der Waals surface area contributed by atoms with Gasteiger partial charge in [-0.1, -0.05) is 5.16 Å². The van der Waals surface area contributed by atoms with Crippen molar-refractivity contribution in [1.82, 2.24) is 15.0 Å². The molecule has 2 aromatic rings. The largest absolute Gasteiger partial charge is 0.508 e. The second-order valence-corrected chi connectivity index (χ2v) is 4.23. The van der Waals surface area contributed by atoms with Crippen LogP contribution in [0.2, 0.25) is 0 Å². The van der Waals surface area contributed by atoms with E-state index in [0.29, 0.717) is 12.2 Å². The van der Waals surface area contributed by atoms with Crippen molar-refractivity contribution in [3.63, 3.8) is 0 Å². The first-order chi connectivity index (χ1) is 8.56. The first-order valence-electron chi connectivity index (χ1n) is 5.52. The average Bonchev–Trinajstić information content (AvgIpc) is 2.75. The lowest BCUT2D eigenvalue weighted by atomic mass is 10.2. The normalized spacial score (nSPS) is 11.1. The molecular weight excluding hydrogens is 237 g/mol. The van der Waals surface area contributed by atoms with Gasteiger partial charge in [-0.25, -0.2) is 4.39 Å². The fraction of sp³-hybridized carbons (Fsp3) is 0.333. The Bertz CT molecular complexity index is 540. The molecule has 0 saturated carbocycles. The van der Waals surface area contributed by atoms with E-state index in [0.717, 1.165) is 12.6 Å². The summed E-state index contributed by atoms with van der Waals surface area (Å²) < 4.78 is 18.6. The van der Waals surface area contributed by atoms with Gasteiger partial charge in [0.25, 0.3) is 5.89 Å². The Balaban J connectivity index is 2.18. The van der Waals surface area contributed by atoms with E-state index in [1.165, 1.54) is 12.1 Å². The molecule has 0 saturated heterocycles. The SMILES string of the molecule is CN(C)CCc1noc(-c2ccc(O)cc2F)n1. The van der Waals surface area contributed by atoms with Crippen molar-refractivity contribution in [2.75, 3.05) is 20.6 Å². The van der Waals surface area contributed by atoms with Crippen molar-refractivity contribution in [2.24, 2.45) is 0 Å². The smallest absolute Gasteiger partial charge is 0.260 e. The zero-order chi connectivity index (χ0) is 13.1. The second-order valence-electron chi connectivity index (χ2n) is 4.23. The topological polar surface area (TPSA) is 62.4 Å². The molecular formula is C12H14FN3O2. The minimum absolute atomic E-state index is 0.126. The van der Waals surface area contributed by atoms with E-state index in [1.54, 1.807) is 0 Å². The summed E-state index contributed by atoms with van der Waals surface area (Å²) in [5, 5.41) is 12.9. The fourth-order valence-electron chi connectivity index (χ4n) is 1.47. The van der Waals surface area contributed by atoms with Crippen LogP contribution in [0.15, 0.2) is 22.7 Å². The zero-order valence-corrected chi connectivity index (χ0v) is 10.2. The van der Waals surface area contributed by atoms with Crippen molar-refractivity contribution >= 4 is 0 Å².